The lowest BCUT2D eigenvalue weighted by molar-refractivity contribution is -0.161. The first kappa shape index (κ1) is 101. The number of phosphoric ester groups is 2. The van der Waals surface area contributed by atoms with Crippen LogP contribution < -0.4 is 0 Å². The monoisotopic (exact) mass is 1510 g/mol. The molecule has 0 radical (unpaired) electrons. The van der Waals surface area contributed by atoms with Crippen LogP contribution in [0, 0.1) is 11.8 Å². The van der Waals surface area contributed by atoms with Gasteiger partial charge in [0.2, 0.25) is 0 Å². The van der Waals surface area contributed by atoms with Gasteiger partial charge in [0.15, 0.2) is 12.2 Å². The minimum absolute atomic E-state index is 0.108. The number of aliphatic hydroxyl groups excluding tert-OH is 1. The third-order valence-electron chi connectivity index (χ3n) is 20.1. The Balaban J connectivity index is 5.23. The summed E-state index contributed by atoms with van der Waals surface area (Å²) in [6.07, 6.45) is 66.6. The number of aliphatic hydroxyl groups is 1. The molecular formula is C84H164O17P2. The van der Waals surface area contributed by atoms with Gasteiger partial charge in [0.25, 0.3) is 0 Å². The lowest BCUT2D eigenvalue weighted by Gasteiger charge is -2.21. The molecule has 0 aliphatic heterocycles. The van der Waals surface area contributed by atoms with E-state index >= 15 is 0 Å². The van der Waals surface area contributed by atoms with E-state index in [1.54, 1.807) is 0 Å². The normalized spacial score (nSPS) is 14.1. The first-order chi connectivity index (χ1) is 49.9. The first-order valence-corrected chi connectivity index (χ1v) is 46.5. The number of rotatable bonds is 83. The molecule has 0 aliphatic rings. The smallest absolute Gasteiger partial charge is 0.462 e. The maximum Gasteiger partial charge on any atom is 0.472 e. The average molecular weight is 1510 g/mol. The molecular weight excluding hydrogens is 1340 g/mol. The number of phosphoric acid groups is 2. The number of carbonyl (C=O) groups is 4. The largest absolute Gasteiger partial charge is 0.472 e. The molecule has 0 rings (SSSR count). The molecule has 19 heteroatoms. The lowest BCUT2D eigenvalue weighted by atomic mass is 9.99. The molecule has 0 heterocycles. The molecule has 0 saturated carbocycles. The lowest BCUT2D eigenvalue weighted by Crippen LogP contribution is -2.30. The van der Waals surface area contributed by atoms with Crippen LogP contribution in [0.5, 0.6) is 0 Å². The van der Waals surface area contributed by atoms with Gasteiger partial charge in [-0.1, -0.05) is 395 Å². The van der Waals surface area contributed by atoms with Crippen molar-refractivity contribution in [2.24, 2.45) is 11.8 Å². The Hall–Kier alpha value is -1.94. The predicted octanol–water partition coefficient (Wildman–Crippen LogP) is 25.5. The third kappa shape index (κ3) is 76.6. The van der Waals surface area contributed by atoms with E-state index in [0.29, 0.717) is 25.7 Å². The van der Waals surface area contributed by atoms with E-state index < -0.39 is 97.5 Å². The van der Waals surface area contributed by atoms with Crippen LogP contribution in [0.15, 0.2) is 0 Å². The van der Waals surface area contributed by atoms with E-state index in [9.17, 15) is 43.2 Å². The maximum absolute atomic E-state index is 13.1. The number of hydrogen-bond donors (Lipinski definition) is 3. The summed E-state index contributed by atoms with van der Waals surface area (Å²) in [7, 11) is -9.92. The zero-order valence-corrected chi connectivity index (χ0v) is 69.4. The minimum Gasteiger partial charge on any atom is -0.462 e. The molecule has 0 aromatic heterocycles. The van der Waals surface area contributed by atoms with Crippen molar-refractivity contribution in [3.63, 3.8) is 0 Å². The molecule has 0 spiro atoms. The van der Waals surface area contributed by atoms with Gasteiger partial charge in [-0.05, 0) is 37.5 Å². The highest BCUT2D eigenvalue weighted by atomic mass is 31.2. The van der Waals surface area contributed by atoms with Crippen molar-refractivity contribution < 1.29 is 80.2 Å². The van der Waals surface area contributed by atoms with Crippen LogP contribution in [-0.4, -0.2) is 96.7 Å². The van der Waals surface area contributed by atoms with Crippen molar-refractivity contribution in [2.45, 2.75) is 464 Å². The van der Waals surface area contributed by atoms with Gasteiger partial charge in [0.05, 0.1) is 26.4 Å². The van der Waals surface area contributed by atoms with E-state index in [-0.39, 0.29) is 25.7 Å². The molecule has 0 bridgehead atoms. The van der Waals surface area contributed by atoms with E-state index in [2.05, 4.69) is 41.5 Å². The van der Waals surface area contributed by atoms with Gasteiger partial charge in [0.1, 0.15) is 19.3 Å². The SMILES string of the molecule is CCCCCCCCCCCCCCCCCCCCCCCCC(=O)O[C@H](COC(=O)CCCCCCCCCCCCCCC(C)C)COP(=O)(O)OC[C@@H](O)COP(=O)(O)OC[C@@H](COC(=O)CCCCCCCCCCC(C)CC)OC(=O)CCCCCCCCCCCCCCCC. The topological polar surface area (TPSA) is 237 Å². The summed E-state index contributed by atoms with van der Waals surface area (Å²) in [5, 5.41) is 10.7. The van der Waals surface area contributed by atoms with E-state index in [1.807, 2.05) is 0 Å². The summed E-state index contributed by atoms with van der Waals surface area (Å²) in [6.45, 7) is 9.67. The van der Waals surface area contributed by atoms with Gasteiger partial charge in [0, 0.05) is 25.7 Å². The summed E-state index contributed by atoms with van der Waals surface area (Å²) >= 11 is 0. The van der Waals surface area contributed by atoms with Crippen molar-refractivity contribution in [1.82, 2.24) is 0 Å². The van der Waals surface area contributed by atoms with Gasteiger partial charge >= 0.3 is 39.5 Å². The second-order valence-corrected chi connectivity index (χ2v) is 33.8. The molecule has 103 heavy (non-hydrogen) atoms. The van der Waals surface area contributed by atoms with Crippen LogP contribution >= 0.6 is 15.6 Å². The van der Waals surface area contributed by atoms with Crippen molar-refractivity contribution in [3.8, 4) is 0 Å². The third-order valence-corrected chi connectivity index (χ3v) is 22.0. The highest BCUT2D eigenvalue weighted by molar-refractivity contribution is 7.47. The van der Waals surface area contributed by atoms with Crippen molar-refractivity contribution >= 4 is 39.5 Å². The molecule has 17 nitrogen and oxygen atoms in total. The summed E-state index contributed by atoms with van der Waals surface area (Å²) < 4.78 is 68.8. The summed E-state index contributed by atoms with van der Waals surface area (Å²) in [5.41, 5.74) is 0. The Morgan fingerprint density at radius 3 is 0.738 bits per heavy atom. The minimum atomic E-state index is -4.96. The number of hydrogen-bond acceptors (Lipinski definition) is 15. The van der Waals surface area contributed by atoms with Crippen molar-refractivity contribution in [1.29, 1.82) is 0 Å². The zero-order valence-electron chi connectivity index (χ0n) is 67.6. The molecule has 3 unspecified atom stereocenters. The molecule has 3 N–H and O–H groups in total. The highest BCUT2D eigenvalue weighted by Crippen LogP contribution is 2.45. The Labute approximate surface area is 632 Å². The fourth-order valence-corrected chi connectivity index (χ4v) is 14.6. The molecule has 0 fully saturated rings. The van der Waals surface area contributed by atoms with Crippen molar-refractivity contribution in [2.75, 3.05) is 39.6 Å². The number of esters is 4. The molecule has 0 aromatic carbocycles. The quantitative estimate of drug-likeness (QED) is 0.0222. The average Bonchev–Trinajstić information content (AvgIpc) is 0.909. The van der Waals surface area contributed by atoms with Crippen LogP contribution in [0.4, 0.5) is 0 Å². The Bertz CT molecular complexity index is 1980. The van der Waals surface area contributed by atoms with Crippen LogP contribution in [0.2, 0.25) is 0 Å². The Morgan fingerprint density at radius 1 is 0.282 bits per heavy atom. The van der Waals surface area contributed by atoms with Gasteiger partial charge in [-0.25, -0.2) is 9.13 Å². The van der Waals surface area contributed by atoms with Gasteiger partial charge in [-0.3, -0.25) is 37.3 Å². The molecule has 0 saturated heterocycles. The zero-order chi connectivity index (χ0) is 75.6. The number of carbonyl (C=O) groups excluding carboxylic acids is 4. The molecule has 0 aliphatic carbocycles. The molecule has 612 valence electrons. The van der Waals surface area contributed by atoms with Crippen LogP contribution in [0.3, 0.4) is 0 Å². The second-order valence-electron chi connectivity index (χ2n) is 30.9. The van der Waals surface area contributed by atoms with E-state index in [1.165, 1.54) is 263 Å². The number of ether oxygens (including phenoxy) is 4. The molecule has 0 amide bonds. The summed E-state index contributed by atoms with van der Waals surface area (Å²) in [5.74, 6) is -0.545. The Morgan fingerprint density at radius 2 is 0.495 bits per heavy atom. The van der Waals surface area contributed by atoms with E-state index in [0.717, 1.165) is 102 Å². The van der Waals surface area contributed by atoms with Gasteiger partial charge in [-0.15, -0.1) is 0 Å². The molecule has 6 atom stereocenters. The standard InChI is InChI=1S/C84H164O17P2/c1-7-10-12-14-16-18-20-22-24-25-26-27-28-29-30-31-33-39-43-51-57-63-69-84(89)100-79(72-94-81(86)66-60-54-48-41-37-35-34-36-40-46-52-58-64-76(4)5)74-98-102(90,91)96-70-78(85)71-97-103(92,93)99-75-80(73-95-82(87)67-61-55-49-45-44-47-53-59-65-77(6)9-3)101-83(88)68-62-56-50-42-38-32-23-21-19-17-15-13-11-8-2/h76-80,85H,7-75H2,1-6H3,(H,90,91)(H,92,93)/t77?,78-,79-,80-/m1/s1. The van der Waals surface area contributed by atoms with Crippen LogP contribution in [-0.2, 0) is 65.4 Å². The van der Waals surface area contributed by atoms with Gasteiger partial charge < -0.3 is 33.8 Å². The fourth-order valence-electron chi connectivity index (χ4n) is 13.0. The van der Waals surface area contributed by atoms with Crippen molar-refractivity contribution in [3.05, 3.63) is 0 Å². The summed E-state index contributed by atoms with van der Waals surface area (Å²) in [4.78, 5) is 73.2. The highest BCUT2D eigenvalue weighted by Gasteiger charge is 2.30. The fraction of sp³-hybridized carbons (Fsp3) is 0.952. The first-order valence-electron chi connectivity index (χ1n) is 43.5. The number of unbranched alkanes of at least 4 members (excludes halogenated alkanes) is 52. The van der Waals surface area contributed by atoms with Gasteiger partial charge in [-0.2, -0.15) is 0 Å². The molecule has 0 aromatic rings. The van der Waals surface area contributed by atoms with Crippen LogP contribution in [0.25, 0.3) is 0 Å². The predicted molar refractivity (Wildman–Crippen MR) is 423 cm³/mol. The summed E-state index contributed by atoms with van der Waals surface area (Å²) in [6, 6.07) is 0. The van der Waals surface area contributed by atoms with E-state index in [4.69, 9.17) is 37.0 Å². The Kier molecular flexibility index (Phi) is 74.1. The second kappa shape index (κ2) is 75.5. The maximum atomic E-state index is 13.1. The van der Waals surface area contributed by atoms with Crippen LogP contribution in [0.1, 0.15) is 446 Å².